The highest BCUT2D eigenvalue weighted by molar-refractivity contribution is 7.09. The fraction of sp³-hybridized carbons (Fsp3) is 0.333. The van der Waals surface area contributed by atoms with E-state index in [0.717, 1.165) is 37.9 Å². The van der Waals surface area contributed by atoms with Crippen molar-refractivity contribution in [3.8, 4) is 0 Å². The van der Waals surface area contributed by atoms with Crippen LogP contribution in [0.5, 0.6) is 0 Å². The van der Waals surface area contributed by atoms with Crippen molar-refractivity contribution in [3.63, 3.8) is 0 Å². The van der Waals surface area contributed by atoms with Crippen LogP contribution in [-0.2, 0) is 11.3 Å². The molecule has 7 heteroatoms. The second-order valence-electron chi connectivity index (χ2n) is 4.98. The van der Waals surface area contributed by atoms with Crippen LogP contribution in [0, 0.1) is 0 Å². The van der Waals surface area contributed by atoms with Crippen molar-refractivity contribution < 1.29 is 9.53 Å². The van der Waals surface area contributed by atoms with Crippen LogP contribution in [0.25, 0.3) is 0 Å². The van der Waals surface area contributed by atoms with Gasteiger partial charge in [-0.3, -0.25) is 9.69 Å². The first-order chi connectivity index (χ1) is 10.7. The molecule has 2 aromatic rings. The Labute approximate surface area is 137 Å². The molecule has 1 aliphatic rings. The summed E-state index contributed by atoms with van der Waals surface area (Å²) < 4.78 is 5.32. The number of thiazole rings is 1. The summed E-state index contributed by atoms with van der Waals surface area (Å²) in [7, 11) is 0. The molecule has 1 amide bonds. The molecule has 0 aliphatic carbocycles. The molecule has 0 unspecified atom stereocenters. The van der Waals surface area contributed by atoms with Gasteiger partial charge in [-0.1, -0.05) is 11.6 Å². The summed E-state index contributed by atoms with van der Waals surface area (Å²) in [6, 6.07) is 7.01. The van der Waals surface area contributed by atoms with E-state index in [1.54, 1.807) is 29.6 Å². The Morgan fingerprint density at radius 3 is 2.77 bits per heavy atom. The average Bonchev–Trinajstić information content (AvgIpc) is 2.99. The molecule has 1 N–H and O–H groups in total. The highest BCUT2D eigenvalue weighted by Gasteiger charge is 2.15. The summed E-state index contributed by atoms with van der Waals surface area (Å²) in [5.41, 5.74) is 1.15. The van der Waals surface area contributed by atoms with Gasteiger partial charge < -0.3 is 10.1 Å². The molecule has 3 rings (SSSR count). The lowest BCUT2D eigenvalue weighted by Gasteiger charge is -2.25. The Morgan fingerprint density at radius 1 is 1.32 bits per heavy atom. The maximum Gasteiger partial charge on any atom is 0.275 e. The smallest absolute Gasteiger partial charge is 0.275 e. The molecule has 1 saturated heterocycles. The number of carbonyl (C=O) groups is 1. The van der Waals surface area contributed by atoms with Gasteiger partial charge >= 0.3 is 0 Å². The third-order valence-corrected chi connectivity index (χ3v) is 4.43. The summed E-state index contributed by atoms with van der Waals surface area (Å²) in [5.74, 6) is -0.202. The normalized spacial score (nSPS) is 15.7. The van der Waals surface area contributed by atoms with Gasteiger partial charge in [0, 0.05) is 29.2 Å². The topological polar surface area (TPSA) is 54.5 Å². The largest absolute Gasteiger partial charge is 0.379 e. The van der Waals surface area contributed by atoms with Gasteiger partial charge in [0.1, 0.15) is 10.7 Å². The minimum atomic E-state index is -0.202. The second-order valence-corrected chi connectivity index (χ2v) is 6.36. The number of nitrogens with one attached hydrogen (secondary N) is 1. The zero-order valence-electron chi connectivity index (χ0n) is 11.9. The average molecular weight is 338 g/mol. The van der Waals surface area contributed by atoms with Crippen LogP contribution in [0.3, 0.4) is 0 Å². The van der Waals surface area contributed by atoms with Crippen LogP contribution in [0.15, 0.2) is 29.6 Å². The first-order valence-electron chi connectivity index (χ1n) is 7.02. The minimum absolute atomic E-state index is 0.202. The highest BCUT2D eigenvalue weighted by atomic mass is 35.5. The molecule has 0 spiro atoms. The van der Waals surface area contributed by atoms with Gasteiger partial charge in [0.2, 0.25) is 0 Å². The van der Waals surface area contributed by atoms with Crippen molar-refractivity contribution in [2.24, 2.45) is 0 Å². The minimum Gasteiger partial charge on any atom is -0.379 e. The summed E-state index contributed by atoms with van der Waals surface area (Å²) in [6.45, 7) is 4.10. The summed E-state index contributed by atoms with van der Waals surface area (Å²) >= 11 is 7.33. The maximum atomic E-state index is 12.2. The number of aromatic nitrogens is 1. The lowest BCUT2D eigenvalue weighted by atomic mass is 10.3. The number of amides is 1. The maximum absolute atomic E-state index is 12.2. The van der Waals surface area contributed by atoms with Crippen molar-refractivity contribution in [2.45, 2.75) is 6.54 Å². The van der Waals surface area contributed by atoms with E-state index in [1.807, 2.05) is 0 Å². The number of nitrogens with zero attached hydrogens (tertiary/aromatic N) is 2. The molecule has 0 saturated carbocycles. The summed E-state index contributed by atoms with van der Waals surface area (Å²) in [6.07, 6.45) is 0. The van der Waals surface area contributed by atoms with Crippen LogP contribution in [0.4, 0.5) is 5.69 Å². The number of anilines is 1. The third kappa shape index (κ3) is 4.04. The molecular weight excluding hydrogens is 322 g/mol. The predicted octanol–water partition coefficient (Wildman–Crippen LogP) is 2.88. The van der Waals surface area contributed by atoms with Gasteiger partial charge in [-0.15, -0.1) is 11.3 Å². The monoisotopic (exact) mass is 337 g/mol. The zero-order chi connectivity index (χ0) is 15.4. The molecule has 0 atom stereocenters. The van der Waals surface area contributed by atoms with E-state index in [1.165, 1.54) is 11.3 Å². The Balaban J connectivity index is 1.60. The number of hydrogen-bond donors (Lipinski definition) is 1. The van der Waals surface area contributed by atoms with Crippen LogP contribution in [-0.4, -0.2) is 42.1 Å². The quantitative estimate of drug-likeness (QED) is 0.932. The Kier molecular flexibility index (Phi) is 5.04. The molecule has 22 heavy (non-hydrogen) atoms. The number of rotatable bonds is 4. The molecule has 0 bridgehead atoms. The van der Waals surface area contributed by atoms with Gasteiger partial charge in [0.25, 0.3) is 5.91 Å². The molecule has 1 fully saturated rings. The molecule has 1 aliphatic heterocycles. The van der Waals surface area contributed by atoms with Gasteiger partial charge in [-0.2, -0.15) is 0 Å². The molecule has 116 valence electrons. The summed E-state index contributed by atoms with van der Waals surface area (Å²) in [5, 5.41) is 6.19. The van der Waals surface area contributed by atoms with E-state index in [0.29, 0.717) is 16.4 Å². The SMILES string of the molecule is O=C(Nc1ccc(Cl)cc1)c1csc(CN2CCOCC2)n1. The number of ether oxygens (including phenoxy) is 1. The number of carbonyl (C=O) groups excluding carboxylic acids is 1. The van der Waals surface area contributed by atoms with Gasteiger partial charge in [-0.25, -0.2) is 4.98 Å². The van der Waals surface area contributed by atoms with Crippen molar-refractivity contribution in [1.82, 2.24) is 9.88 Å². The molecule has 5 nitrogen and oxygen atoms in total. The lowest BCUT2D eigenvalue weighted by Crippen LogP contribution is -2.35. The van der Waals surface area contributed by atoms with Crippen LogP contribution in [0.2, 0.25) is 5.02 Å². The number of halogens is 1. The van der Waals surface area contributed by atoms with Crippen LogP contribution in [0.1, 0.15) is 15.5 Å². The highest BCUT2D eigenvalue weighted by Crippen LogP contribution is 2.17. The zero-order valence-corrected chi connectivity index (χ0v) is 13.5. The molecule has 2 heterocycles. The van der Waals surface area contributed by atoms with E-state index in [-0.39, 0.29) is 5.91 Å². The summed E-state index contributed by atoms with van der Waals surface area (Å²) in [4.78, 5) is 18.9. The van der Waals surface area contributed by atoms with Crippen molar-refractivity contribution in [3.05, 3.63) is 45.4 Å². The molecule has 0 radical (unpaired) electrons. The first kappa shape index (κ1) is 15.4. The predicted molar refractivity (Wildman–Crippen MR) is 87.6 cm³/mol. The van der Waals surface area contributed by atoms with Crippen molar-refractivity contribution >= 4 is 34.5 Å². The fourth-order valence-corrected chi connectivity index (χ4v) is 3.11. The molecule has 1 aromatic carbocycles. The molecule has 1 aromatic heterocycles. The van der Waals surface area contributed by atoms with E-state index >= 15 is 0 Å². The van der Waals surface area contributed by atoms with E-state index in [9.17, 15) is 4.79 Å². The van der Waals surface area contributed by atoms with E-state index in [4.69, 9.17) is 16.3 Å². The van der Waals surface area contributed by atoms with Gasteiger partial charge in [0.05, 0.1) is 19.8 Å². The standard InChI is InChI=1S/C15H16ClN3O2S/c16-11-1-3-12(4-2-11)17-15(20)13-10-22-14(18-13)9-19-5-7-21-8-6-19/h1-4,10H,5-9H2,(H,17,20). The second kappa shape index (κ2) is 7.19. The van der Waals surface area contributed by atoms with Crippen LogP contribution < -0.4 is 5.32 Å². The molecular formula is C15H16ClN3O2S. The van der Waals surface area contributed by atoms with Crippen molar-refractivity contribution in [1.29, 1.82) is 0 Å². The Hall–Kier alpha value is -1.47. The lowest BCUT2D eigenvalue weighted by molar-refractivity contribution is 0.0341. The van der Waals surface area contributed by atoms with Gasteiger partial charge in [-0.05, 0) is 24.3 Å². The van der Waals surface area contributed by atoms with E-state index in [2.05, 4.69) is 15.2 Å². The third-order valence-electron chi connectivity index (χ3n) is 3.35. The first-order valence-corrected chi connectivity index (χ1v) is 8.28. The van der Waals surface area contributed by atoms with Crippen LogP contribution >= 0.6 is 22.9 Å². The number of morpholine rings is 1. The Morgan fingerprint density at radius 2 is 2.05 bits per heavy atom. The van der Waals surface area contributed by atoms with Gasteiger partial charge in [0.15, 0.2) is 0 Å². The Bertz CT molecular complexity index is 638. The van der Waals surface area contributed by atoms with E-state index < -0.39 is 0 Å². The number of benzene rings is 1. The van der Waals surface area contributed by atoms with Crippen molar-refractivity contribution in [2.75, 3.05) is 31.6 Å². The fourth-order valence-electron chi connectivity index (χ4n) is 2.17. The number of hydrogen-bond acceptors (Lipinski definition) is 5.